The van der Waals surface area contributed by atoms with Gasteiger partial charge in [0.2, 0.25) is 0 Å². The third-order valence-corrected chi connectivity index (χ3v) is 2.88. The summed E-state index contributed by atoms with van der Waals surface area (Å²) in [6.07, 6.45) is 0.883. The number of anilines is 1. The Hall–Kier alpha value is -1.39. The van der Waals surface area contributed by atoms with Crippen molar-refractivity contribution in [2.24, 2.45) is 0 Å². The van der Waals surface area contributed by atoms with Gasteiger partial charge in [0.25, 0.3) is 0 Å². The quantitative estimate of drug-likeness (QED) is 0.662. The van der Waals surface area contributed by atoms with Crippen LogP contribution in [0.2, 0.25) is 0 Å². The van der Waals surface area contributed by atoms with Gasteiger partial charge in [-0.15, -0.1) is 0 Å². The van der Waals surface area contributed by atoms with Crippen molar-refractivity contribution in [2.75, 3.05) is 45.4 Å². The topological polar surface area (TPSA) is 38.8 Å². The van der Waals surface area contributed by atoms with Gasteiger partial charge in [0, 0.05) is 38.6 Å². The number of rotatable bonds is 8. The Labute approximate surface area is 108 Å². The van der Waals surface area contributed by atoms with Crippen molar-refractivity contribution >= 4 is 12.0 Å². The van der Waals surface area contributed by atoms with Crippen LogP contribution < -0.4 is 4.90 Å². The molecule has 100 valence electrons. The van der Waals surface area contributed by atoms with E-state index in [2.05, 4.69) is 4.90 Å². The predicted molar refractivity (Wildman–Crippen MR) is 72.5 cm³/mol. The number of benzene rings is 1. The average Bonchev–Trinajstić information content (AvgIpc) is 2.39. The third kappa shape index (κ3) is 4.13. The lowest BCUT2D eigenvalue weighted by Crippen LogP contribution is -2.30. The van der Waals surface area contributed by atoms with Crippen molar-refractivity contribution in [3.8, 4) is 0 Å². The highest BCUT2D eigenvalue weighted by Crippen LogP contribution is 2.18. The van der Waals surface area contributed by atoms with E-state index in [1.807, 2.05) is 25.1 Å². The molecule has 0 aliphatic carbocycles. The Morgan fingerprint density at radius 2 is 1.78 bits per heavy atom. The van der Waals surface area contributed by atoms with Gasteiger partial charge in [-0.2, -0.15) is 0 Å². The molecule has 0 bridgehead atoms. The summed E-state index contributed by atoms with van der Waals surface area (Å²) >= 11 is 0. The Kier molecular flexibility index (Phi) is 6.39. The van der Waals surface area contributed by atoms with Gasteiger partial charge in [0.05, 0.1) is 13.2 Å². The second kappa shape index (κ2) is 7.84. The molecule has 0 spiro atoms. The highest BCUT2D eigenvalue weighted by molar-refractivity contribution is 5.78. The molecule has 0 aliphatic heterocycles. The van der Waals surface area contributed by atoms with Crippen molar-refractivity contribution in [3.63, 3.8) is 0 Å². The molecule has 0 amide bonds. The molecule has 1 aromatic rings. The fourth-order valence-electron chi connectivity index (χ4n) is 1.76. The van der Waals surface area contributed by atoms with Crippen LogP contribution in [0.1, 0.15) is 15.9 Å². The summed E-state index contributed by atoms with van der Waals surface area (Å²) in [5.74, 6) is 0. The minimum Gasteiger partial charge on any atom is -0.383 e. The number of aldehydes is 1. The van der Waals surface area contributed by atoms with Crippen molar-refractivity contribution in [2.45, 2.75) is 6.92 Å². The lowest BCUT2D eigenvalue weighted by molar-refractivity contribution is 0.112. The van der Waals surface area contributed by atoms with Gasteiger partial charge in [0.15, 0.2) is 0 Å². The van der Waals surface area contributed by atoms with Crippen LogP contribution in [0.5, 0.6) is 0 Å². The number of hydrogen-bond acceptors (Lipinski definition) is 4. The normalized spacial score (nSPS) is 10.4. The van der Waals surface area contributed by atoms with Crippen LogP contribution in [0.15, 0.2) is 18.2 Å². The monoisotopic (exact) mass is 251 g/mol. The lowest BCUT2D eigenvalue weighted by atomic mass is 10.1. The molecular formula is C14H21NO3. The first-order valence-corrected chi connectivity index (χ1v) is 6.01. The summed E-state index contributed by atoms with van der Waals surface area (Å²) in [5.41, 5.74) is 2.81. The van der Waals surface area contributed by atoms with E-state index in [4.69, 9.17) is 9.47 Å². The molecule has 0 saturated carbocycles. The molecule has 1 rings (SSSR count). The number of methoxy groups -OCH3 is 2. The van der Waals surface area contributed by atoms with Gasteiger partial charge in [-0.1, -0.05) is 0 Å². The van der Waals surface area contributed by atoms with Crippen LogP contribution in [-0.2, 0) is 9.47 Å². The van der Waals surface area contributed by atoms with E-state index in [0.29, 0.717) is 13.2 Å². The molecule has 0 unspecified atom stereocenters. The summed E-state index contributed by atoms with van der Waals surface area (Å²) < 4.78 is 10.2. The van der Waals surface area contributed by atoms with E-state index in [1.165, 1.54) is 0 Å². The van der Waals surface area contributed by atoms with E-state index in [1.54, 1.807) is 14.2 Å². The molecule has 0 saturated heterocycles. The molecule has 1 aromatic carbocycles. The number of nitrogens with zero attached hydrogens (tertiary/aromatic N) is 1. The average molecular weight is 251 g/mol. The molecule has 0 radical (unpaired) electrons. The van der Waals surface area contributed by atoms with E-state index in [-0.39, 0.29) is 0 Å². The molecule has 0 heterocycles. The van der Waals surface area contributed by atoms with Gasteiger partial charge in [-0.05, 0) is 30.7 Å². The number of carbonyl (C=O) groups excluding carboxylic acids is 1. The van der Waals surface area contributed by atoms with E-state index in [9.17, 15) is 4.79 Å². The lowest BCUT2D eigenvalue weighted by Gasteiger charge is -2.24. The number of carbonyl (C=O) groups is 1. The molecule has 0 N–H and O–H groups in total. The molecule has 18 heavy (non-hydrogen) atoms. The van der Waals surface area contributed by atoms with Crippen LogP contribution in [-0.4, -0.2) is 46.8 Å². The maximum Gasteiger partial charge on any atom is 0.150 e. The highest BCUT2D eigenvalue weighted by Gasteiger charge is 2.07. The van der Waals surface area contributed by atoms with Gasteiger partial charge in [0.1, 0.15) is 6.29 Å². The minimum absolute atomic E-state index is 0.665. The Morgan fingerprint density at radius 1 is 1.17 bits per heavy atom. The summed E-state index contributed by atoms with van der Waals surface area (Å²) in [4.78, 5) is 13.0. The second-order valence-electron chi connectivity index (χ2n) is 4.13. The van der Waals surface area contributed by atoms with Gasteiger partial charge in [-0.3, -0.25) is 4.79 Å². The van der Waals surface area contributed by atoms with Crippen molar-refractivity contribution < 1.29 is 14.3 Å². The van der Waals surface area contributed by atoms with Crippen LogP contribution in [0.3, 0.4) is 0 Å². The standard InChI is InChI=1S/C14H21NO3/c1-12-10-14(5-4-13(12)11-16)15(6-8-17-2)7-9-18-3/h4-5,10-11H,6-9H2,1-3H3. The van der Waals surface area contributed by atoms with Gasteiger partial charge in [-0.25, -0.2) is 0 Å². The molecule has 4 nitrogen and oxygen atoms in total. The first-order valence-electron chi connectivity index (χ1n) is 6.01. The van der Waals surface area contributed by atoms with E-state index < -0.39 is 0 Å². The fraction of sp³-hybridized carbons (Fsp3) is 0.500. The Morgan fingerprint density at radius 3 is 2.22 bits per heavy atom. The first kappa shape index (κ1) is 14.7. The zero-order chi connectivity index (χ0) is 13.4. The highest BCUT2D eigenvalue weighted by atomic mass is 16.5. The zero-order valence-corrected chi connectivity index (χ0v) is 11.3. The first-order chi connectivity index (χ1) is 8.72. The van der Waals surface area contributed by atoms with Crippen molar-refractivity contribution in [3.05, 3.63) is 29.3 Å². The zero-order valence-electron chi connectivity index (χ0n) is 11.3. The summed E-state index contributed by atoms with van der Waals surface area (Å²) in [7, 11) is 3.38. The molecule has 4 heteroatoms. The smallest absolute Gasteiger partial charge is 0.150 e. The second-order valence-corrected chi connectivity index (χ2v) is 4.13. The number of hydrogen-bond donors (Lipinski definition) is 0. The summed E-state index contributed by atoms with van der Waals surface area (Å²) in [6.45, 7) is 4.88. The van der Waals surface area contributed by atoms with Crippen LogP contribution in [0, 0.1) is 6.92 Å². The molecule has 0 atom stereocenters. The SMILES string of the molecule is COCCN(CCOC)c1ccc(C=O)c(C)c1. The van der Waals surface area contributed by atoms with E-state index >= 15 is 0 Å². The van der Waals surface area contributed by atoms with Crippen LogP contribution >= 0.6 is 0 Å². The Balaban J connectivity index is 2.82. The third-order valence-electron chi connectivity index (χ3n) is 2.88. The van der Waals surface area contributed by atoms with Gasteiger partial charge >= 0.3 is 0 Å². The number of ether oxygens (including phenoxy) is 2. The summed E-state index contributed by atoms with van der Waals surface area (Å²) in [6, 6.07) is 5.83. The summed E-state index contributed by atoms with van der Waals surface area (Å²) in [5, 5.41) is 0. The van der Waals surface area contributed by atoms with Gasteiger partial charge < -0.3 is 14.4 Å². The predicted octanol–water partition coefficient (Wildman–Crippen LogP) is 1.91. The minimum atomic E-state index is 0.665. The number of aryl methyl sites for hydroxylation is 1. The van der Waals surface area contributed by atoms with Crippen molar-refractivity contribution in [1.29, 1.82) is 0 Å². The van der Waals surface area contributed by atoms with Crippen LogP contribution in [0.4, 0.5) is 5.69 Å². The Bertz CT molecular complexity index is 371. The molecule has 0 aliphatic rings. The maximum atomic E-state index is 10.8. The van der Waals surface area contributed by atoms with Crippen molar-refractivity contribution in [1.82, 2.24) is 0 Å². The van der Waals surface area contributed by atoms with E-state index in [0.717, 1.165) is 36.2 Å². The van der Waals surface area contributed by atoms with Crippen LogP contribution in [0.25, 0.3) is 0 Å². The molecular weight excluding hydrogens is 230 g/mol. The fourth-order valence-corrected chi connectivity index (χ4v) is 1.76. The molecule has 0 aromatic heterocycles. The molecule has 0 fully saturated rings. The largest absolute Gasteiger partial charge is 0.383 e. The maximum absolute atomic E-state index is 10.8.